The van der Waals surface area contributed by atoms with E-state index >= 15 is 0 Å². The molecule has 1 aromatic carbocycles. The Hall–Kier alpha value is -1.82. The van der Waals surface area contributed by atoms with Gasteiger partial charge in [0.05, 0.1) is 0 Å². The van der Waals surface area contributed by atoms with Crippen molar-refractivity contribution in [3.05, 3.63) is 29.6 Å². The van der Waals surface area contributed by atoms with Gasteiger partial charge < -0.3 is 20.2 Å². The van der Waals surface area contributed by atoms with Gasteiger partial charge in [0.15, 0.2) is 11.6 Å². The Bertz CT molecular complexity index is 625. The molecule has 0 bridgehead atoms. The summed E-state index contributed by atoms with van der Waals surface area (Å²) in [6.45, 7) is 4.17. The Morgan fingerprint density at radius 1 is 1.27 bits per heavy atom. The number of phenols is 1. The van der Waals surface area contributed by atoms with Gasteiger partial charge in [-0.05, 0) is 63.2 Å². The Morgan fingerprint density at radius 3 is 2.88 bits per heavy atom. The highest BCUT2D eigenvalue weighted by atomic mass is 19.1. The molecule has 1 aromatic rings. The first-order valence-corrected chi connectivity index (χ1v) is 9.73. The molecule has 2 saturated heterocycles. The molecule has 3 rings (SSSR count). The fraction of sp³-hybridized carbons (Fsp3) is 0.650. The van der Waals surface area contributed by atoms with E-state index in [1.165, 1.54) is 25.5 Å². The molecule has 0 saturated carbocycles. The number of urea groups is 1. The second-order valence-corrected chi connectivity index (χ2v) is 7.76. The van der Waals surface area contributed by atoms with Crippen molar-refractivity contribution in [1.29, 1.82) is 0 Å². The number of benzene rings is 1. The number of phenolic OH excluding ortho intramolecular Hbond substituents is 1. The average Bonchev–Trinajstić information content (AvgIpc) is 2.64. The van der Waals surface area contributed by atoms with Crippen molar-refractivity contribution in [1.82, 2.24) is 15.1 Å². The fourth-order valence-corrected chi connectivity index (χ4v) is 4.27. The second-order valence-electron chi connectivity index (χ2n) is 7.76. The minimum atomic E-state index is -0.554. The molecule has 26 heavy (non-hydrogen) atoms. The Kier molecular flexibility index (Phi) is 6.35. The van der Waals surface area contributed by atoms with Crippen LogP contribution in [0.15, 0.2) is 18.2 Å². The molecule has 2 unspecified atom stereocenters. The summed E-state index contributed by atoms with van der Waals surface area (Å²) in [6, 6.07) is 4.67. The van der Waals surface area contributed by atoms with Crippen LogP contribution in [0.3, 0.4) is 0 Å². The van der Waals surface area contributed by atoms with Gasteiger partial charge in [-0.15, -0.1) is 0 Å². The largest absolute Gasteiger partial charge is 0.505 e. The number of hydrogen-bond acceptors (Lipinski definition) is 3. The number of likely N-dealkylation sites (tertiary alicyclic amines) is 2. The van der Waals surface area contributed by atoms with Crippen LogP contribution >= 0.6 is 0 Å². The number of aromatic hydroxyl groups is 1. The summed E-state index contributed by atoms with van der Waals surface area (Å²) in [5.41, 5.74) is 0.507. The van der Waals surface area contributed by atoms with Crippen LogP contribution in [0.2, 0.25) is 0 Å². The van der Waals surface area contributed by atoms with Crippen molar-refractivity contribution in [3.63, 3.8) is 0 Å². The molecule has 2 N–H and O–H groups in total. The number of rotatable bonds is 4. The molecular weight excluding hydrogens is 333 g/mol. The summed E-state index contributed by atoms with van der Waals surface area (Å²) in [6.07, 6.45) is 5.16. The van der Waals surface area contributed by atoms with Crippen LogP contribution < -0.4 is 5.32 Å². The zero-order chi connectivity index (χ0) is 18.5. The van der Waals surface area contributed by atoms with Crippen molar-refractivity contribution >= 4 is 6.03 Å². The molecule has 0 spiro atoms. The topological polar surface area (TPSA) is 55.8 Å². The maximum Gasteiger partial charge on any atom is 0.317 e. The summed E-state index contributed by atoms with van der Waals surface area (Å²) < 4.78 is 14.2. The van der Waals surface area contributed by atoms with E-state index in [1.54, 1.807) is 17.0 Å². The van der Waals surface area contributed by atoms with Gasteiger partial charge in [0.1, 0.15) is 0 Å². The minimum absolute atomic E-state index is 0.0561. The number of nitrogens with zero attached hydrogens (tertiary/aromatic N) is 2. The fourth-order valence-electron chi connectivity index (χ4n) is 4.27. The summed E-state index contributed by atoms with van der Waals surface area (Å²) in [5, 5.41) is 12.6. The number of carbonyl (C=O) groups excluding carboxylic acids is 1. The first-order chi connectivity index (χ1) is 12.5. The van der Waals surface area contributed by atoms with Crippen LogP contribution in [-0.4, -0.2) is 60.7 Å². The normalized spacial score (nSPS) is 24.5. The summed E-state index contributed by atoms with van der Waals surface area (Å²) >= 11 is 0. The number of amides is 2. The lowest BCUT2D eigenvalue weighted by molar-refractivity contribution is 0.174. The smallest absolute Gasteiger partial charge is 0.317 e. The highest BCUT2D eigenvalue weighted by Crippen LogP contribution is 2.31. The summed E-state index contributed by atoms with van der Waals surface area (Å²) in [7, 11) is 2.15. The molecule has 144 valence electrons. The minimum Gasteiger partial charge on any atom is -0.505 e. The molecule has 2 fully saturated rings. The molecule has 5 nitrogen and oxygen atoms in total. The Morgan fingerprint density at radius 2 is 2.08 bits per heavy atom. The number of piperidine rings is 2. The highest BCUT2D eigenvalue weighted by Gasteiger charge is 2.27. The van der Waals surface area contributed by atoms with Crippen LogP contribution in [0.4, 0.5) is 9.18 Å². The van der Waals surface area contributed by atoms with Crippen LogP contribution in [0.1, 0.15) is 43.6 Å². The molecule has 2 aliphatic rings. The first-order valence-electron chi connectivity index (χ1n) is 9.73. The average molecular weight is 363 g/mol. The van der Waals surface area contributed by atoms with Gasteiger partial charge in [-0.3, -0.25) is 0 Å². The predicted molar refractivity (Wildman–Crippen MR) is 99.8 cm³/mol. The van der Waals surface area contributed by atoms with E-state index in [9.17, 15) is 14.3 Å². The van der Waals surface area contributed by atoms with Crippen molar-refractivity contribution in [2.24, 2.45) is 5.92 Å². The Labute approximate surface area is 155 Å². The van der Waals surface area contributed by atoms with Crippen molar-refractivity contribution in [2.45, 2.75) is 38.0 Å². The Balaban J connectivity index is 1.49. The third-order valence-electron chi connectivity index (χ3n) is 5.71. The molecule has 0 aliphatic carbocycles. The van der Waals surface area contributed by atoms with Gasteiger partial charge >= 0.3 is 6.03 Å². The highest BCUT2D eigenvalue weighted by molar-refractivity contribution is 5.74. The van der Waals surface area contributed by atoms with Crippen molar-refractivity contribution in [3.8, 4) is 5.75 Å². The standard InChI is InChI=1S/C20H30FN3O2/c1-23-11-3-5-15(13-23)9-10-22-20(26)24-12-4-6-16(14-24)17-7-2-8-18(25)19(17)21/h2,7-8,15-16,25H,3-6,9-14H2,1H3,(H,22,26). The molecular formula is C20H30FN3O2. The van der Waals surface area contributed by atoms with Gasteiger partial charge in [0.2, 0.25) is 0 Å². The maximum absolute atomic E-state index is 14.2. The van der Waals surface area contributed by atoms with Gasteiger partial charge in [-0.1, -0.05) is 12.1 Å². The van der Waals surface area contributed by atoms with E-state index < -0.39 is 5.82 Å². The van der Waals surface area contributed by atoms with E-state index in [0.29, 0.717) is 31.1 Å². The van der Waals surface area contributed by atoms with Gasteiger partial charge in [0.25, 0.3) is 0 Å². The predicted octanol–water partition coefficient (Wildman–Crippen LogP) is 3.15. The van der Waals surface area contributed by atoms with E-state index in [1.807, 2.05) is 0 Å². The number of carbonyl (C=O) groups is 1. The molecule has 2 atom stereocenters. The first kappa shape index (κ1) is 19.0. The van der Waals surface area contributed by atoms with Gasteiger partial charge in [0, 0.05) is 32.1 Å². The summed E-state index contributed by atoms with van der Waals surface area (Å²) in [4.78, 5) is 16.6. The van der Waals surface area contributed by atoms with Gasteiger partial charge in [-0.2, -0.15) is 0 Å². The molecule has 2 heterocycles. The molecule has 2 aliphatic heterocycles. The lowest BCUT2D eigenvalue weighted by atomic mass is 9.90. The number of halogens is 1. The SMILES string of the molecule is CN1CCCC(CCNC(=O)N2CCCC(c3cccc(O)c3F)C2)C1. The summed E-state index contributed by atoms with van der Waals surface area (Å²) in [5.74, 6) is -0.277. The molecule has 2 amide bonds. The molecule has 0 aromatic heterocycles. The van der Waals surface area contributed by atoms with E-state index in [2.05, 4.69) is 17.3 Å². The third kappa shape index (κ3) is 4.67. The van der Waals surface area contributed by atoms with Crippen molar-refractivity contribution in [2.75, 3.05) is 39.8 Å². The zero-order valence-corrected chi connectivity index (χ0v) is 15.6. The van der Waals surface area contributed by atoms with Crippen LogP contribution in [0.5, 0.6) is 5.75 Å². The van der Waals surface area contributed by atoms with Gasteiger partial charge in [-0.25, -0.2) is 9.18 Å². The lowest BCUT2D eigenvalue weighted by Gasteiger charge is -2.33. The van der Waals surface area contributed by atoms with Crippen molar-refractivity contribution < 1.29 is 14.3 Å². The quantitative estimate of drug-likeness (QED) is 0.864. The van der Waals surface area contributed by atoms with Crippen LogP contribution in [0, 0.1) is 11.7 Å². The lowest BCUT2D eigenvalue weighted by Crippen LogP contribution is -2.45. The zero-order valence-electron chi connectivity index (χ0n) is 15.6. The van der Waals surface area contributed by atoms with E-state index in [4.69, 9.17) is 0 Å². The monoisotopic (exact) mass is 363 g/mol. The molecule has 0 radical (unpaired) electrons. The number of hydrogen-bond donors (Lipinski definition) is 2. The van der Waals surface area contributed by atoms with Crippen LogP contribution in [-0.2, 0) is 0 Å². The van der Waals surface area contributed by atoms with Crippen LogP contribution in [0.25, 0.3) is 0 Å². The second kappa shape index (κ2) is 8.71. The molecule has 6 heteroatoms. The number of nitrogens with one attached hydrogen (secondary N) is 1. The third-order valence-corrected chi connectivity index (χ3v) is 5.71. The van der Waals surface area contributed by atoms with E-state index in [-0.39, 0.29) is 17.7 Å². The maximum atomic E-state index is 14.2. The van der Waals surface area contributed by atoms with E-state index in [0.717, 1.165) is 25.8 Å².